The predicted octanol–water partition coefficient (Wildman–Crippen LogP) is 3.15. The second kappa shape index (κ2) is 8.49. The van der Waals surface area contributed by atoms with Crippen LogP contribution in [0.15, 0.2) is 42.5 Å². The van der Waals surface area contributed by atoms with Crippen LogP contribution in [0.1, 0.15) is 6.92 Å². The zero-order valence-electron chi connectivity index (χ0n) is 15.4. The van der Waals surface area contributed by atoms with Crippen LogP contribution in [-0.4, -0.2) is 40.8 Å². The topological polar surface area (TPSA) is 84.9 Å². The molecule has 0 heterocycles. The highest BCUT2D eigenvalue weighted by atomic mass is 35.5. The van der Waals surface area contributed by atoms with Crippen LogP contribution in [0.5, 0.6) is 11.5 Å². The molecule has 0 saturated carbocycles. The van der Waals surface area contributed by atoms with Crippen LogP contribution in [0.4, 0.5) is 11.4 Å². The Hall–Kier alpha value is -2.45. The summed E-state index contributed by atoms with van der Waals surface area (Å²) in [5.41, 5.74) is 0.797. The van der Waals surface area contributed by atoms with E-state index in [0.29, 0.717) is 27.9 Å². The highest BCUT2D eigenvalue weighted by molar-refractivity contribution is 7.92. The summed E-state index contributed by atoms with van der Waals surface area (Å²) >= 11 is 5.86. The predicted molar refractivity (Wildman–Crippen MR) is 106 cm³/mol. The van der Waals surface area contributed by atoms with Gasteiger partial charge in [0.05, 0.1) is 26.2 Å². The number of halogens is 1. The number of hydrogen-bond donors (Lipinski definition) is 1. The number of benzene rings is 2. The smallest absolute Gasteiger partial charge is 0.247 e. The molecule has 9 heteroatoms. The van der Waals surface area contributed by atoms with E-state index < -0.39 is 22.0 Å². The van der Waals surface area contributed by atoms with E-state index in [4.69, 9.17) is 21.1 Å². The molecule has 7 nitrogen and oxygen atoms in total. The third kappa shape index (κ3) is 5.05. The molecule has 0 bridgehead atoms. The van der Waals surface area contributed by atoms with Gasteiger partial charge in [0, 0.05) is 16.8 Å². The summed E-state index contributed by atoms with van der Waals surface area (Å²) in [6.07, 6.45) is 1.04. The molecule has 27 heavy (non-hydrogen) atoms. The molecule has 0 unspecified atom stereocenters. The lowest BCUT2D eigenvalue weighted by Gasteiger charge is -2.28. The summed E-state index contributed by atoms with van der Waals surface area (Å²) in [6, 6.07) is 10.1. The van der Waals surface area contributed by atoms with Gasteiger partial charge in [0.15, 0.2) is 11.5 Å². The fourth-order valence-corrected chi connectivity index (χ4v) is 3.86. The Morgan fingerprint density at radius 3 is 2.19 bits per heavy atom. The van der Waals surface area contributed by atoms with Gasteiger partial charge >= 0.3 is 0 Å². The first kappa shape index (κ1) is 20.9. The van der Waals surface area contributed by atoms with E-state index in [-0.39, 0.29) is 0 Å². The monoisotopic (exact) mass is 412 g/mol. The first-order chi connectivity index (χ1) is 12.7. The molecule has 0 aromatic heterocycles. The van der Waals surface area contributed by atoms with Gasteiger partial charge in [-0.15, -0.1) is 0 Å². The number of amides is 1. The van der Waals surface area contributed by atoms with E-state index in [9.17, 15) is 13.2 Å². The average Bonchev–Trinajstić information content (AvgIpc) is 2.62. The van der Waals surface area contributed by atoms with E-state index in [2.05, 4.69) is 5.32 Å². The van der Waals surface area contributed by atoms with E-state index in [1.807, 2.05) is 0 Å². The zero-order chi connectivity index (χ0) is 20.2. The Morgan fingerprint density at radius 1 is 1.07 bits per heavy atom. The normalized spacial score (nSPS) is 12.2. The number of carbonyl (C=O) groups is 1. The van der Waals surface area contributed by atoms with Gasteiger partial charge in [0.2, 0.25) is 15.9 Å². The Kier molecular flexibility index (Phi) is 6.56. The van der Waals surface area contributed by atoms with Gasteiger partial charge in [-0.1, -0.05) is 11.6 Å². The molecule has 0 radical (unpaired) electrons. The number of carbonyl (C=O) groups excluding carboxylic acids is 1. The lowest BCUT2D eigenvalue weighted by molar-refractivity contribution is -0.116. The second-order valence-corrected chi connectivity index (χ2v) is 8.07. The maximum absolute atomic E-state index is 12.7. The van der Waals surface area contributed by atoms with Gasteiger partial charge in [-0.25, -0.2) is 8.42 Å². The Morgan fingerprint density at radius 2 is 1.67 bits per heavy atom. The number of rotatable bonds is 7. The molecule has 0 saturated heterocycles. The van der Waals surface area contributed by atoms with Crippen molar-refractivity contribution in [3.05, 3.63) is 47.5 Å². The van der Waals surface area contributed by atoms with E-state index in [0.717, 1.165) is 10.6 Å². The van der Waals surface area contributed by atoms with Gasteiger partial charge in [-0.2, -0.15) is 0 Å². The van der Waals surface area contributed by atoms with E-state index >= 15 is 0 Å². The Balaban J connectivity index is 2.29. The largest absolute Gasteiger partial charge is 0.493 e. The minimum Gasteiger partial charge on any atom is -0.493 e. The quantitative estimate of drug-likeness (QED) is 0.755. The van der Waals surface area contributed by atoms with Gasteiger partial charge < -0.3 is 14.8 Å². The fraction of sp³-hybridized carbons (Fsp3) is 0.278. The second-order valence-electron chi connectivity index (χ2n) is 5.77. The lowest BCUT2D eigenvalue weighted by Crippen LogP contribution is -2.45. The first-order valence-electron chi connectivity index (χ1n) is 7.95. The SMILES string of the molecule is COc1ccc(NC(=O)[C@@H](C)N(c2ccc(Cl)cc2)S(C)(=O)=O)cc1OC. The number of sulfonamides is 1. The number of nitrogens with zero attached hydrogens (tertiary/aromatic N) is 1. The van der Waals surface area contributed by atoms with Gasteiger partial charge in [-0.05, 0) is 43.3 Å². The lowest BCUT2D eigenvalue weighted by atomic mass is 10.2. The summed E-state index contributed by atoms with van der Waals surface area (Å²) in [5.74, 6) is 0.464. The number of ether oxygens (including phenoxy) is 2. The van der Waals surface area contributed by atoms with Crippen molar-refractivity contribution in [3.63, 3.8) is 0 Å². The molecular weight excluding hydrogens is 392 g/mol. The van der Waals surface area contributed by atoms with E-state index in [1.165, 1.54) is 21.1 Å². The molecule has 2 aromatic carbocycles. The number of hydrogen-bond acceptors (Lipinski definition) is 5. The number of nitrogens with one attached hydrogen (secondary N) is 1. The van der Waals surface area contributed by atoms with Gasteiger partial charge in [-0.3, -0.25) is 9.10 Å². The minimum atomic E-state index is -3.71. The third-order valence-corrected chi connectivity index (χ3v) is 5.31. The number of methoxy groups -OCH3 is 2. The van der Waals surface area contributed by atoms with Crippen LogP contribution in [0.3, 0.4) is 0 Å². The van der Waals surface area contributed by atoms with Gasteiger partial charge in [0.25, 0.3) is 0 Å². The molecule has 0 spiro atoms. The first-order valence-corrected chi connectivity index (χ1v) is 10.2. The molecule has 0 aliphatic rings. The molecule has 1 N–H and O–H groups in total. The molecule has 0 fully saturated rings. The maximum Gasteiger partial charge on any atom is 0.247 e. The van der Waals surface area contributed by atoms with Crippen LogP contribution < -0.4 is 19.1 Å². The molecule has 2 rings (SSSR count). The third-order valence-electron chi connectivity index (χ3n) is 3.82. The van der Waals surface area contributed by atoms with Crippen molar-refractivity contribution in [3.8, 4) is 11.5 Å². The van der Waals surface area contributed by atoms with Crippen molar-refractivity contribution in [1.82, 2.24) is 0 Å². The summed E-state index contributed by atoms with van der Waals surface area (Å²) in [7, 11) is -0.714. The van der Waals surface area contributed by atoms with Crippen molar-refractivity contribution in [2.75, 3.05) is 30.1 Å². The minimum absolute atomic E-state index is 0.344. The molecule has 1 atom stereocenters. The Bertz CT molecular complexity index is 916. The average molecular weight is 413 g/mol. The maximum atomic E-state index is 12.7. The van der Waals surface area contributed by atoms with Crippen molar-refractivity contribution >= 4 is 38.9 Å². The van der Waals surface area contributed by atoms with Crippen LogP contribution >= 0.6 is 11.6 Å². The van der Waals surface area contributed by atoms with Crippen molar-refractivity contribution in [1.29, 1.82) is 0 Å². The molecule has 0 aliphatic heterocycles. The molecule has 1 amide bonds. The van der Waals surface area contributed by atoms with Crippen LogP contribution in [-0.2, 0) is 14.8 Å². The van der Waals surface area contributed by atoms with Crippen molar-refractivity contribution < 1.29 is 22.7 Å². The molecule has 2 aromatic rings. The van der Waals surface area contributed by atoms with Gasteiger partial charge in [0.1, 0.15) is 6.04 Å². The molecular formula is C18H21ClN2O5S. The standard InChI is InChI=1S/C18H21ClN2O5S/c1-12(21(27(4,23)24)15-8-5-13(19)6-9-15)18(22)20-14-7-10-16(25-2)17(11-14)26-3/h5-12H,1-4H3,(H,20,22)/t12-/m1/s1. The highest BCUT2D eigenvalue weighted by Gasteiger charge is 2.29. The zero-order valence-corrected chi connectivity index (χ0v) is 17.0. The van der Waals surface area contributed by atoms with Crippen molar-refractivity contribution in [2.45, 2.75) is 13.0 Å². The van der Waals surface area contributed by atoms with E-state index in [1.54, 1.807) is 42.5 Å². The molecule has 0 aliphatic carbocycles. The highest BCUT2D eigenvalue weighted by Crippen LogP contribution is 2.30. The Labute approximate surface area is 163 Å². The van der Waals surface area contributed by atoms with Crippen LogP contribution in [0, 0.1) is 0 Å². The summed E-state index contributed by atoms with van der Waals surface area (Å²) in [5, 5.41) is 3.16. The number of anilines is 2. The summed E-state index contributed by atoms with van der Waals surface area (Å²) in [4.78, 5) is 12.7. The van der Waals surface area contributed by atoms with Crippen LogP contribution in [0.25, 0.3) is 0 Å². The molecule has 146 valence electrons. The van der Waals surface area contributed by atoms with Crippen LogP contribution in [0.2, 0.25) is 5.02 Å². The summed E-state index contributed by atoms with van der Waals surface area (Å²) in [6.45, 7) is 1.51. The summed E-state index contributed by atoms with van der Waals surface area (Å²) < 4.78 is 36.0. The fourth-order valence-electron chi connectivity index (χ4n) is 2.56. The van der Waals surface area contributed by atoms with Crippen molar-refractivity contribution in [2.24, 2.45) is 0 Å².